The first-order valence-electron chi connectivity index (χ1n) is 19.6. The number of esters is 1. The highest BCUT2D eigenvalue weighted by Gasteiger charge is 2.68. The number of fused-ring (bicyclic) bond motifs is 7. The third-order valence-corrected chi connectivity index (χ3v) is 15.4. The van der Waals surface area contributed by atoms with Gasteiger partial charge in [0.05, 0.1) is 23.1 Å². The summed E-state index contributed by atoms with van der Waals surface area (Å²) >= 11 is 0. The lowest BCUT2D eigenvalue weighted by Gasteiger charge is -2.69. The van der Waals surface area contributed by atoms with Crippen molar-refractivity contribution in [3.8, 4) is 0 Å². The Balaban J connectivity index is 0.00000134. The fraction of sp³-hybridized carbons (Fsp3) is 0.767. The predicted molar refractivity (Wildman–Crippen MR) is 194 cm³/mol. The maximum Gasteiger partial charge on any atom is 0.307 e. The van der Waals surface area contributed by atoms with E-state index < -0.39 is 5.41 Å². The molecular weight excluding hydrogens is 608 g/mol. The quantitative estimate of drug-likeness (QED) is 0.177. The van der Waals surface area contributed by atoms with E-state index in [0.29, 0.717) is 40.9 Å². The largest absolute Gasteiger partial charge is 0.462 e. The number of hydrogen-bond donors (Lipinski definition) is 1. The van der Waals surface area contributed by atoms with Crippen molar-refractivity contribution in [1.82, 2.24) is 10.3 Å². The lowest BCUT2D eigenvalue weighted by atomic mass is 9.36. The van der Waals surface area contributed by atoms with Gasteiger partial charge in [-0.05, 0) is 137 Å². The number of rotatable bonds is 7. The monoisotopic (exact) mass is 672 g/mol. The second-order valence-electron chi connectivity index (χ2n) is 19.0. The Labute approximate surface area is 296 Å². The van der Waals surface area contributed by atoms with Crippen LogP contribution in [0.4, 0.5) is 0 Å². The number of pyridine rings is 1. The molecule has 7 rings (SSSR count). The number of aromatic nitrogens is 1. The zero-order chi connectivity index (χ0) is 35.5. The van der Waals surface area contributed by atoms with E-state index in [0.717, 1.165) is 50.5 Å². The molecule has 0 bridgehead atoms. The first-order chi connectivity index (χ1) is 23.1. The topological polar surface area (TPSA) is 85.4 Å². The second-order valence-corrected chi connectivity index (χ2v) is 19.0. The highest BCUT2D eigenvalue weighted by atomic mass is 16.5. The molecule has 1 amide bonds. The van der Waals surface area contributed by atoms with Gasteiger partial charge in [-0.1, -0.05) is 60.1 Å². The van der Waals surface area contributed by atoms with Crippen molar-refractivity contribution in [1.29, 1.82) is 0 Å². The molecule has 0 aromatic carbocycles. The molecule has 6 saturated carbocycles. The lowest BCUT2D eigenvalue weighted by molar-refractivity contribution is -0.221. The van der Waals surface area contributed by atoms with Gasteiger partial charge >= 0.3 is 5.97 Å². The molecule has 0 saturated heterocycles. The van der Waals surface area contributed by atoms with Crippen molar-refractivity contribution in [2.24, 2.45) is 56.7 Å². The van der Waals surface area contributed by atoms with Crippen LogP contribution in [-0.4, -0.2) is 29.3 Å². The van der Waals surface area contributed by atoms with Gasteiger partial charge in [0.2, 0.25) is 5.91 Å². The predicted octanol–water partition coefficient (Wildman–Crippen LogP) is 9.37. The highest BCUT2D eigenvalue weighted by molar-refractivity contribution is 5.85. The van der Waals surface area contributed by atoms with Crippen LogP contribution < -0.4 is 5.32 Å². The van der Waals surface area contributed by atoms with Crippen LogP contribution in [0.5, 0.6) is 0 Å². The standard InChI is InChI=1S/C40H58N2O4.C3H6/c1-35(2,25-43)24-33(44)46-32-16-19-38(6)29(36(32,3)4)15-18-37(5)27-14-20-39(17-9-10-28(39)26(27)12-13-30(37)38)34(45)42-40(21-22-40)31-11-7-8-23-41-31;1-3-2/h7-8,11,23,25-30,32H,9-10,12-22,24H2,1-6H3,(H,42,45);3H,1H2,2H3/t26?,27?,28?,29?,30?,32-,37-,38-,39-;/m0./s1. The number of allylic oxidation sites excluding steroid dienone is 1. The summed E-state index contributed by atoms with van der Waals surface area (Å²) in [5, 5.41) is 3.61. The molecule has 1 aromatic heterocycles. The molecular formula is C43H64N2O4. The molecule has 1 heterocycles. The number of aldehydes is 1. The Kier molecular flexibility index (Phi) is 9.57. The average Bonchev–Trinajstić information content (AvgIpc) is 3.69. The van der Waals surface area contributed by atoms with Crippen LogP contribution in [0.15, 0.2) is 37.1 Å². The smallest absolute Gasteiger partial charge is 0.307 e. The molecule has 1 aromatic rings. The van der Waals surface area contributed by atoms with E-state index >= 15 is 0 Å². The fourth-order valence-corrected chi connectivity index (χ4v) is 13.0. The summed E-state index contributed by atoms with van der Waals surface area (Å²) in [6, 6.07) is 6.08. The molecule has 6 aliphatic rings. The zero-order valence-electron chi connectivity index (χ0n) is 31.6. The summed E-state index contributed by atoms with van der Waals surface area (Å²) in [6.45, 7) is 18.8. The minimum Gasteiger partial charge on any atom is -0.462 e. The van der Waals surface area contributed by atoms with Crippen molar-refractivity contribution in [2.45, 2.75) is 150 Å². The van der Waals surface area contributed by atoms with Crippen LogP contribution >= 0.6 is 0 Å². The molecule has 9 atom stereocenters. The Morgan fingerprint density at radius 2 is 1.63 bits per heavy atom. The highest BCUT2D eigenvalue weighted by Crippen LogP contribution is 2.73. The van der Waals surface area contributed by atoms with Gasteiger partial charge < -0.3 is 14.8 Å². The maximum atomic E-state index is 14.4. The van der Waals surface area contributed by atoms with Gasteiger partial charge in [-0.2, -0.15) is 0 Å². The van der Waals surface area contributed by atoms with Crippen LogP contribution in [0.25, 0.3) is 0 Å². The number of carbonyl (C=O) groups is 3. The van der Waals surface area contributed by atoms with Gasteiger partial charge in [0, 0.05) is 17.0 Å². The number of carbonyl (C=O) groups excluding carboxylic acids is 3. The summed E-state index contributed by atoms with van der Waals surface area (Å²) in [4.78, 5) is 43.5. The van der Waals surface area contributed by atoms with Gasteiger partial charge in [0.15, 0.2) is 0 Å². The van der Waals surface area contributed by atoms with Gasteiger partial charge in [-0.3, -0.25) is 14.6 Å². The molecule has 6 aliphatic carbocycles. The Hall–Kier alpha value is -2.50. The Bertz CT molecular complexity index is 1420. The summed E-state index contributed by atoms with van der Waals surface area (Å²) in [7, 11) is 0. The number of amides is 1. The first-order valence-corrected chi connectivity index (χ1v) is 19.6. The third-order valence-electron chi connectivity index (χ3n) is 15.4. The molecule has 49 heavy (non-hydrogen) atoms. The molecule has 0 aliphatic heterocycles. The van der Waals surface area contributed by atoms with Gasteiger partial charge in [0.1, 0.15) is 12.4 Å². The summed E-state index contributed by atoms with van der Waals surface area (Å²) in [5.74, 6) is 3.07. The summed E-state index contributed by atoms with van der Waals surface area (Å²) < 4.78 is 6.19. The molecule has 6 fully saturated rings. The van der Waals surface area contributed by atoms with Crippen LogP contribution in [0, 0.1) is 56.7 Å². The number of hydrogen-bond acceptors (Lipinski definition) is 5. The van der Waals surface area contributed by atoms with Crippen molar-refractivity contribution in [2.75, 3.05) is 0 Å². The molecule has 6 nitrogen and oxygen atoms in total. The van der Waals surface area contributed by atoms with Crippen LogP contribution in [0.3, 0.4) is 0 Å². The molecule has 6 heteroatoms. The number of nitrogens with zero attached hydrogens (tertiary/aromatic N) is 1. The molecule has 1 N–H and O–H groups in total. The van der Waals surface area contributed by atoms with E-state index in [1.165, 1.54) is 44.9 Å². The maximum absolute atomic E-state index is 14.4. The molecule has 270 valence electrons. The van der Waals surface area contributed by atoms with E-state index in [9.17, 15) is 14.4 Å². The van der Waals surface area contributed by atoms with Crippen LogP contribution in [0.1, 0.15) is 144 Å². The van der Waals surface area contributed by atoms with Gasteiger partial charge in [-0.15, -0.1) is 6.58 Å². The average molecular weight is 673 g/mol. The minimum atomic E-state index is -0.689. The van der Waals surface area contributed by atoms with E-state index in [4.69, 9.17) is 4.74 Å². The molecule has 0 spiro atoms. The third kappa shape index (κ3) is 6.03. The molecule has 0 radical (unpaired) electrons. The lowest BCUT2D eigenvalue weighted by Crippen LogP contribution is -2.64. The van der Waals surface area contributed by atoms with Crippen LogP contribution in [0.2, 0.25) is 0 Å². The zero-order valence-corrected chi connectivity index (χ0v) is 31.6. The minimum absolute atomic E-state index is 0.102. The van der Waals surface area contributed by atoms with Crippen molar-refractivity contribution >= 4 is 18.2 Å². The van der Waals surface area contributed by atoms with Crippen LogP contribution in [-0.2, 0) is 24.7 Å². The second kappa shape index (κ2) is 12.9. The van der Waals surface area contributed by atoms with E-state index in [2.05, 4.69) is 50.6 Å². The molecule has 5 unspecified atom stereocenters. The normalized spacial score (nSPS) is 39.7. The van der Waals surface area contributed by atoms with Crippen molar-refractivity contribution in [3.05, 3.63) is 42.7 Å². The number of ether oxygens (including phenoxy) is 1. The SMILES string of the molecule is C=CC.CC(C)(C=O)CC(=O)O[C@H]1CC[C@@]2(C)C(CC[C@@]3(C)C4CC[C@@]5(C(=O)NC6(c7ccccn7)CC6)CCCC5C4CCC32)C1(C)C. The van der Waals surface area contributed by atoms with Crippen molar-refractivity contribution < 1.29 is 19.1 Å². The van der Waals surface area contributed by atoms with E-state index in [-0.39, 0.29) is 40.3 Å². The van der Waals surface area contributed by atoms with Gasteiger partial charge in [-0.25, -0.2) is 0 Å². The summed E-state index contributed by atoms with van der Waals surface area (Å²) in [5.41, 5.74) is 0.276. The van der Waals surface area contributed by atoms with Crippen molar-refractivity contribution in [3.63, 3.8) is 0 Å². The van der Waals surface area contributed by atoms with Gasteiger partial charge in [0.25, 0.3) is 0 Å². The Morgan fingerprint density at radius 3 is 2.29 bits per heavy atom. The summed E-state index contributed by atoms with van der Waals surface area (Å²) in [6.07, 6.45) is 19.0. The number of nitrogens with one attached hydrogen (secondary N) is 1. The fourth-order valence-electron chi connectivity index (χ4n) is 13.0. The van der Waals surface area contributed by atoms with E-state index in [1.54, 1.807) is 6.08 Å². The first kappa shape index (κ1) is 36.3. The Morgan fingerprint density at radius 1 is 0.918 bits per heavy atom. The van der Waals surface area contributed by atoms with E-state index in [1.807, 2.05) is 39.1 Å².